The lowest BCUT2D eigenvalue weighted by Crippen LogP contribution is -2.48. The third-order valence-corrected chi connectivity index (χ3v) is 6.09. The highest BCUT2D eigenvalue weighted by molar-refractivity contribution is 5.89. The molecule has 172 valence electrons. The summed E-state index contributed by atoms with van der Waals surface area (Å²) in [7, 11) is 0. The van der Waals surface area contributed by atoms with Crippen molar-refractivity contribution in [3.63, 3.8) is 0 Å². The van der Waals surface area contributed by atoms with Gasteiger partial charge in [0, 0.05) is 12.6 Å². The fourth-order valence-corrected chi connectivity index (χ4v) is 4.15. The van der Waals surface area contributed by atoms with Crippen molar-refractivity contribution in [2.75, 3.05) is 11.9 Å². The van der Waals surface area contributed by atoms with Gasteiger partial charge >= 0.3 is 5.97 Å². The summed E-state index contributed by atoms with van der Waals surface area (Å²) in [6.07, 6.45) is 2.47. The minimum atomic E-state index is -0.687. The van der Waals surface area contributed by atoms with E-state index in [4.69, 9.17) is 9.57 Å². The normalized spacial score (nSPS) is 17.8. The van der Waals surface area contributed by atoms with Crippen LogP contribution in [0.25, 0.3) is 0 Å². The number of hydroxylamine groups is 2. The number of hydrogen-bond donors (Lipinski definition) is 1. The molecule has 1 amide bonds. The molecule has 1 N–H and O–H groups in total. The van der Waals surface area contributed by atoms with Crippen molar-refractivity contribution in [3.8, 4) is 0 Å². The second-order valence-corrected chi connectivity index (χ2v) is 8.15. The molecule has 1 atom stereocenters. The van der Waals surface area contributed by atoms with Gasteiger partial charge in [0.2, 0.25) is 5.91 Å². The zero-order valence-electron chi connectivity index (χ0n) is 19.1. The predicted molar refractivity (Wildman–Crippen MR) is 121 cm³/mol. The van der Waals surface area contributed by atoms with Crippen molar-refractivity contribution in [1.29, 1.82) is 0 Å². The van der Waals surface area contributed by atoms with Crippen molar-refractivity contribution in [2.45, 2.75) is 65.1 Å². The Morgan fingerprint density at radius 3 is 2.53 bits per heavy atom. The Kier molecular flexibility index (Phi) is 7.64. The van der Waals surface area contributed by atoms with Crippen LogP contribution in [-0.2, 0) is 20.8 Å². The fraction of sp³-hybridized carbons (Fsp3) is 0.440. The zero-order valence-corrected chi connectivity index (χ0v) is 19.1. The second-order valence-electron chi connectivity index (χ2n) is 8.15. The van der Waals surface area contributed by atoms with E-state index in [0.717, 1.165) is 5.56 Å². The van der Waals surface area contributed by atoms with E-state index in [1.165, 1.54) is 13.0 Å². The predicted octanol–water partition coefficient (Wildman–Crippen LogP) is 5.01. The van der Waals surface area contributed by atoms with Gasteiger partial charge < -0.3 is 14.9 Å². The summed E-state index contributed by atoms with van der Waals surface area (Å²) in [6, 6.07) is 11.8. The maximum Gasteiger partial charge on any atom is 0.357 e. The van der Waals surface area contributed by atoms with Gasteiger partial charge in [0.05, 0.1) is 18.2 Å². The minimum absolute atomic E-state index is 0.172. The van der Waals surface area contributed by atoms with Crippen molar-refractivity contribution in [3.05, 3.63) is 65.0 Å². The van der Waals surface area contributed by atoms with Crippen LogP contribution in [0.15, 0.2) is 42.5 Å². The SMILES string of the molecule is CCC1(CC)OC[C@H](CCc2cc(NC(C)=O)cc(F)c2C)N1OC(=O)c1ccccc1. The number of aryl methyl sites for hydroxylation is 1. The summed E-state index contributed by atoms with van der Waals surface area (Å²) in [5.41, 5.74) is 1.56. The molecule has 0 aromatic heterocycles. The highest BCUT2D eigenvalue weighted by Gasteiger charge is 2.48. The number of benzene rings is 2. The van der Waals surface area contributed by atoms with Gasteiger partial charge in [-0.05, 0) is 68.0 Å². The van der Waals surface area contributed by atoms with Crippen molar-refractivity contribution in [1.82, 2.24) is 5.06 Å². The van der Waals surface area contributed by atoms with Crippen LogP contribution in [0.1, 0.15) is 61.5 Å². The lowest BCUT2D eigenvalue weighted by atomic mass is 9.99. The smallest absolute Gasteiger partial charge is 0.357 e. The zero-order chi connectivity index (χ0) is 23.3. The van der Waals surface area contributed by atoms with Crippen LogP contribution in [0.5, 0.6) is 0 Å². The molecule has 1 heterocycles. The van der Waals surface area contributed by atoms with E-state index < -0.39 is 11.7 Å². The van der Waals surface area contributed by atoms with Crippen LogP contribution in [-0.4, -0.2) is 35.3 Å². The van der Waals surface area contributed by atoms with E-state index in [1.807, 2.05) is 19.9 Å². The number of nitrogens with zero attached hydrogens (tertiary/aromatic N) is 1. The molecule has 1 aliphatic heterocycles. The first kappa shape index (κ1) is 23.9. The van der Waals surface area contributed by atoms with Crippen LogP contribution < -0.4 is 5.32 Å². The van der Waals surface area contributed by atoms with Gasteiger partial charge in [-0.3, -0.25) is 4.79 Å². The van der Waals surface area contributed by atoms with E-state index in [-0.39, 0.29) is 17.8 Å². The number of carbonyl (C=O) groups excluding carboxylic acids is 2. The summed E-state index contributed by atoms with van der Waals surface area (Å²) in [6.45, 7) is 7.54. The molecule has 1 saturated heterocycles. The Balaban J connectivity index is 1.79. The highest BCUT2D eigenvalue weighted by atomic mass is 19.1. The number of amides is 1. The number of nitrogens with one attached hydrogen (secondary N) is 1. The third-order valence-electron chi connectivity index (χ3n) is 6.09. The average molecular weight is 443 g/mol. The number of anilines is 1. The van der Waals surface area contributed by atoms with Crippen LogP contribution in [0.4, 0.5) is 10.1 Å². The van der Waals surface area contributed by atoms with E-state index in [1.54, 1.807) is 42.3 Å². The first-order valence-corrected chi connectivity index (χ1v) is 11.1. The molecule has 6 nitrogen and oxygen atoms in total. The molecular formula is C25H31FN2O4. The van der Waals surface area contributed by atoms with Gasteiger partial charge in [-0.2, -0.15) is 0 Å². The van der Waals surface area contributed by atoms with Gasteiger partial charge in [-0.15, -0.1) is 5.06 Å². The van der Waals surface area contributed by atoms with Crippen LogP contribution in [0, 0.1) is 12.7 Å². The summed E-state index contributed by atoms with van der Waals surface area (Å²) in [5.74, 6) is -1.04. The van der Waals surface area contributed by atoms with E-state index in [0.29, 0.717) is 49.1 Å². The van der Waals surface area contributed by atoms with Crippen molar-refractivity contribution >= 4 is 17.6 Å². The molecule has 0 radical (unpaired) electrons. The Labute approximate surface area is 188 Å². The number of hydrogen-bond acceptors (Lipinski definition) is 5. The van der Waals surface area contributed by atoms with Gasteiger partial charge in [0.15, 0.2) is 5.72 Å². The molecule has 0 unspecified atom stereocenters. The summed E-state index contributed by atoms with van der Waals surface area (Å²) >= 11 is 0. The molecule has 2 aromatic rings. The van der Waals surface area contributed by atoms with Gasteiger partial charge in [0.25, 0.3) is 0 Å². The second kappa shape index (κ2) is 10.2. The average Bonchev–Trinajstić information content (AvgIpc) is 3.13. The van der Waals surface area contributed by atoms with Crippen LogP contribution in [0.2, 0.25) is 0 Å². The summed E-state index contributed by atoms with van der Waals surface area (Å²) in [5, 5.41) is 4.34. The third kappa shape index (κ3) is 5.16. The van der Waals surface area contributed by atoms with Gasteiger partial charge in [-0.1, -0.05) is 32.0 Å². The standard InChI is InChI=1S/C25H31FN2O4/c1-5-25(6-2)28(32-24(30)19-10-8-7-9-11-19)22(16-31-25)13-12-20-14-21(27-18(4)29)15-23(26)17(20)3/h7-11,14-15,22H,5-6,12-13,16H2,1-4H3,(H,27,29)/t22-/m0/s1. The van der Waals surface area contributed by atoms with Gasteiger partial charge in [-0.25, -0.2) is 9.18 Å². The Morgan fingerprint density at radius 1 is 1.22 bits per heavy atom. The topological polar surface area (TPSA) is 67.9 Å². The molecule has 2 aromatic carbocycles. The summed E-state index contributed by atoms with van der Waals surface area (Å²) in [4.78, 5) is 30.0. The summed E-state index contributed by atoms with van der Waals surface area (Å²) < 4.78 is 20.5. The molecule has 1 fully saturated rings. The lowest BCUT2D eigenvalue weighted by Gasteiger charge is -2.36. The van der Waals surface area contributed by atoms with Crippen LogP contribution >= 0.6 is 0 Å². The molecule has 0 spiro atoms. The van der Waals surface area contributed by atoms with Gasteiger partial charge in [0.1, 0.15) is 5.82 Å². The lowest BCUT2D eigenvalue weighted by molar-refractivity contribution is -0.238. The molecule has 3 rings (SSSR count). The van der Waals surface area contributed by atoms with Crippen LogP contribution in [0.3, 0.4) is 0 Å². The maximum atomic E-state index is 14.4. The fourth-order valence-electron chi connectivity index (χ4n) is 4.15. The Morgan fingerprint density at radius 2 is 1.91 bits per heavy atom. The van der Waals surface area contributed by atoms with Crippen molar-refractivity contribution < 1.29 is 23.6 Å². The van der Waals surface area contributed by atoms with E-state index in [9.17, 15) is 14.0 Å². The van der Waals surface area contributed by atoms with E-state index >= 15 is 0 Å². The first-order valence-electron chi connectivity index (χ1n) is 11.1. The maximum absolute atomic E-state index is 14.4. The molecule has 7 heteroatoms. The highest BCUT2D eigenvalue weighted by Crippen LogP contribution is 2.36. The Hall–Kier alpha value is -2.77. The molecule has 0 bridgehead atoms. The molecule has 0 saturated carbocycles. The molecular weight excluding hydrogens is 411 g/mol. The number of halogens is 1. The molecule has 1 aliphatic rings. The number of ether oxygens (including phenoxy) is 1. The van der Waals surface area contributed by atoms with Crippen molar-refractivity contribution in [2.24, 2.45) is 0 Å². The largest absolute Gasteiger partial charge is 0.361 e. The quantitative estimate of drug-likeness (QED) is 0.622. The monoisotopic (exact) mass is 442 g/mol. The minimum Gasteiger partial charge on any atom is -0.361 e. The Bertz CT molecular complexity index is 960. The van der Waals surface area contributed by atoms with E-state index in [2.05, 4.69) is 5.32 Å². The number of carbonyl (C=O) groups is 2. The number of rotatable bonds is 8. The first-order chi connectivity index (χ1) is 15.3. The molecule has 32 heavy (non-hydrogen) atoms. The molecule has 0 aliphatic carbocycles.